The van der Waals surface area contributed by atoms with Gasteiger partial charge in [-0.2, -0.15) is 0 Å². The summed E-state index contributed by atoms with van der Waals surface area (Å²) in [5.74, 6) is -1.96. The van der Waals surface area contributed by atoms with E-state index >= 15 is 0 Å². The number of carbonyl (C=O) groups excluding carboxylic acids is 5. The van der Waals surface area contributed by atoms with E-state index in [0.29, 0.717) is 18.7 Å². The quantitative estimate of drug-likeness (QED) is 0.404. The maximum absolute atomic E-state index is 14.1. The second-order valence-corrected chi connectivity index (χ2v) is 12.1. The topological polar surface area (TPSA) is 143 Å². The monoisotopic (exact) mass is 576 g/mol. The summed E-state index contributed by atoms with van der Waals surface area (Å²) < 4.78 is 10.7. The van der Waals surface area contributed by atoms with E-state index < -0.39 is 41.7 Å². The number of amides is 4. The molecule has 40 heavy (non-hydrogen) atoms. The van der Waals surface area contributed by atoms with E-state index in [1.54, 1.807) is 11.8 Å². The largest absolute Gasteiger partial charge is 0.433 e. The van der Waals surface area contributed by atoms with Crippen molar-refractivity contribution in [2.24, 2.45) is 11.3 Å². The van der Waals surface area contributed by atoms with Crippen LogP contribution in [-0.4, -0.2) is 71.6 Å². The third-order valence-corrected chi connectivity index (χ3v) is 7.97. The maximum atomic E-state index is 14.1. The number of anilines is 1. The standard InChI is InChI=1S/C28H37ClN4O7/c1-6-39-27-20(13-21(35)40-27)31-25(37)22-15-7-9-17(11-15)33(22)26(38)23(28(3,4)5)32-24(36)16-8-10-19(18(29)12-16)30-14(2)34/h8,10,12,15,17,20,22-23,27H,6-7,9,11,13H2,1-5H3,(H,30,34)(H,31,37)(H,32,36)/t15-,17-,20?,22-,23+,27+/m0/s1. The summed E-state index contributed by atoms with van der Waals surface area (Å²) in [5, 5.41) is 8.54. The van der Waals surface area contributed by atoms with E-state index in [9.17, 15) is 24.0 Å². The van der Waals surface area contributed by atoms with E-state index in [2.05, 4.69) is 16.0 Å². The van der Waals surface area contributed by atoms with Crippen molar-refractivity contribution in [2.45, 2.75) is 90.8 Å². The molecule has 3 fully saturated rings. The Labute approximate surface area is 238 Å². The van der Waals surface area contributed by atoms with Gasteiger partial charge in [0.15, 0.2) is 0 Å². The van der Waals surface area contributed by atoms with E-state index in [4.69, 9.17) is 21.1 Å². The third-order valence-electron chi connectivity index (χ3n) is 7.66. The number of carbonyl (C=O) groups is 5. The number of rotatable bonds is 8. The number of esters is 1. The molecule has 4 amide bonds. The molecule has 12 heteroatoms. The van der Waals surface area contributed by atoms with Gasteiger partial charge in [-0.25, -0.2) is 0 Å². The van der Waals surface area contributed by atoms with Gasteiger partial charge in [0.2, 0.25) is 24.0 Å². The lowest BCUT2D eigenvalue weighted by molar-refractivity contribution is -0.165. The molecule has 0 spiro atoms. The molecule has 1 saturated carbocycles. The molecule has 1 unspecified atom stereocenters. The zero-order valence-corrected chi connectivity index (χ0v) is 24.2. The van der Waals surface area contributed by atoms with Gasteiger partial charge in [0.1, 0.15) is 18.1 Å². The zero-order chi connectivity index (χ0) is 29.4. The number of ether oxygens (including phenoxy) is 2. The Bertz CT molecular complexity index is 1200. The van der Waals surface area contributed by atoms with Crippen molar-refractivity contribution in [3.63, 3.8) is 0 Å². The fourth-order valence-corrected chi connectivity index (χ4v) is 6.07. The summed E-state index contributed by atoms with van der Waals surface area (Å²) in [6, 6.07) is 2.06. The Morgan fingerprint density at radius 1 is 1.20 bits per heavy atom. The first-order valence-electron chi connectivity index (χ1n) is 13.6. The summed E-state index contributed by atoms with van der Waals surface area (Å²) >= 11 is 6.26. The number of benzene rings is 1. The van der Waals surface area contributed by atoms with Crippen molar-refractivity contribution in [1.29, 1.82) is 0 Å². The van der Waals surface area contributed by atoms with Crippen molar-refractivity contribution in [3.05, 3.63) is 28.8 Å². The predicted molar refractivity (Wildman–Crippen MR) is 146 cm³/mol. The summed E-state index contributed by atoms with van der Waals surface area (Å²) in [6.07, 6.45) is 1.42. The third kappa shape index (κ3) is 6.25. The number of nitrogens with zero attached hydrogens (tertiary/aromatic N) is 1. The molecule has 6 atom stereocenters. The molecule has 2 heterocycles. The first-order valence-corrected chi connectivity index (χ1v) is 14.0. The van der Waals surface area contributed by atoms with E-state index in [1.807, 2.05) is 20.8 Å². The molecular weight excluding hydrogens is 540 g/mol. The van der Waals surface area contributed by atoms with Gasteiger partial charge < -0.3 is 30.3 Å². The molecule has 1 aromatic rings. The number of hydrogen-bond donors (Lipinski definition) is 3. The molecule has 0 aromatic heterocycles. The van der Waals surface area contributed by atoms with Crippen LogP contribution in [-0.2, 0) is 28.7 Å². The Hall–Kier alpha value is -3.18. The summed E-state index contributed by atoms with van der Waals surface area (Å²) in [6.45, 7) is 8.99. The number of piperidine rings is 1. The lowest BCUT2D eigenvalue weighted by atomic mass is 9.84. The fraction of sp³-hybridized carbons (Fsp3) is 0.607. The average molecular weight is 577 g/mol. The minimum absolute atomic E-state index is 0.00483. The Morgan fingerprint density at radius 2 is 1.93 bits per heavy atom. The Kier molecular flexibility index (Phi) is 8.75. The minimum atomic E-state index is -0.934. The average Bonchev–Trinajstić information content (AvgIpc) is 3.57. The van der Waals surface area contributed by atoms with Crippen LogP contribution >= 0.6 is 11.6 Å². The highest BCUT2D eigenvalue weighted by atomic mass is 35.5. The second-order valence-electron chi connectivity index (χ2n) is 11.7. The van der Waals surface area contributed by atoms with Crippen LogP contribution in [0.5, 0.6) is 0 Å². The molecule has 11 nitrogen and oxygen atoms in total. The summed E-state index contributed by atoms with van der Waals surface area (Å²) in [4.78, 5) is 65.8. The van der Waals surface area contributed by atoms with Crippen LogP contribution in [0.15, 0.2) is 18.2 Å². The van der Waals surface area contributed by atoms with Crippen molar-refractivity contribution >= 4 is 46.9 Å². The van der Waals surface area contributed by atoms with Gasteiger partial charge >= 0.3 is 5.97 Å². The Morgan fingerprint density at radius 3 is 2.55 bits per heavy atom. The number of fused-ring (bicyclic) bond motifs is 2. The molecule has 4 rings (SSSR count). The molecule has 218 valence electrons. The van der Waals surface area contributed by atoms with E-state index in [0.717, 1.165) is 12.8 Å². The van der Waals surface area contributed by atoms with Gasteiger partial charge in [-0.1, -0.05) is 32.4 Å². The molecule has 3 aliphatic rings. The Balaban J connectivity index is 1.53. The second kappa shape index (κ2) is 11.7. The van der Waals surface area contributed by atoms with Crippen LogP contribution in [0.1, 0.15) is 70.7 Å². The smallest absolute Gasteiger partial charge is 0.310 e. The number of likely N-dealkylation sites (tertiary alicyclic amines) is 1. The van der Waals surface area contributed by atoms with E-state index in [-0.39, 0.29) is 46.7 Å². The van der Waals surface area contributed by atoms with Crippen molar-refractivity contribution in [3.8, 4) is 0 Å². The molecular formula is C28H37ClN4O7. The SMILES string of the molecule is CCO[C@@H]1OC(=O)CC1NC(=O)[C@@H]1[C@H]2CC[C@@H](C2)N1C(=O)[C@@H](NC(=O)c1ccc(NC(C)=O)c(Cl)c1)C(C)(C)C. The van der Waals surface area contributed by atoms with E-state index in [1.165, 1.54) is 25.1 Å². The lowest BCUT2D eigenvalue weighted by Crippen LogP contribution is -2.62. The lowest BCUT2D eigenvalue weighted by Gasteiger charge is -2.40. The van der Waals surface area contributed by atoms with Gasteiger partial charge in [0.25, 0.3) is 5.91 Å². The maximum Gasteiger partial charge on any atom is 0.310 e. The molecule has 1 aliphatic carbocycles. The summed E-state index contributed by atoms with van der Waals surface area (Å²) in [7, 11) is 0. The van der Waals surface area contributed by atoms with Crippen LogP contribution in [0.25, 0.3) is 0 Å². The van der Waals surface area contributed by atoms with Crippen LogP contribution in [0.2, 0.25) is 5.02 Å². The van der Waals surface area contributed by atoms with Crippen LogP contribution < -0.4 is 16.0 Å². The number of nitrogens with one attached hydrogen (secondary N) is 3. The number of cyclic esters (lactones) is 1. The molecule has 2 aliphatic heterocycles. The summed E-state index contributed by atoms with van der Waals surface area (Å²) in [5.41, 5.74) is -0.0790. The first-order chi connectivity index (χ1) is 18.8. The van der Waals surface area contributed by atoms with Gasteiger partial charge in [-0.15, -0.1) is 0 Å². The van der Waals surface area contributed by atoms with Crippen molar-refractivity contribution in [2.75, 3.05) is 11.9 Å². The van der Waals surface area contributed by atoms with Crippen LogP contribution in [0.3, 0.4) is 0 Å². The zero-order valence-electron chi connectivity index (χ0n) is 23.4. The van der Waals surface area contributed by atoms with Crippen molar-refractivity contribution < 1.29 is 33.4 Å². The van der Waals surface area contributed by atoms with Gasteiger partial charge in [0.05, 0.1) is 17.1 Å². The van der Waals surface area contributed by atoms with Crippen LogP contribution in [0, 0.1) is 11.3 Å². The van der Waals surface area contributed by atoms with Crippen molar-refractivity contribution in [1.82, 2.24) is 15.5 Å². The van der Waals surface area contributed by atoms with Crippen LogP contribution in [0.4, 0.5) is 5.69 Å². The molecule has 2 saturated heterocycles. The highest BCUT2D eigenvalue weighted by molar-refractivity contribution is 6.34. The van der Waals surface area contributed by atoms with Gasteiger partial charge in [0, 0.05) is 25.1 Å². The molecule has 2 bridgehead atoms. The highest BCUT2D eigenvalue weighted by Gasteiger charge is 2.54. The first kappa shape index (κ1) is 29.8. The number of halogens is 1. The number of hydrogen-bond acceptors (Lipinski definition) is 7. The molecule has 3 N–H and O–H groups in total. The van der Waals surface area contributed by atoms with Gasteiger partial charge in [-0.05, 0) is 55.7 Å². The fourth-order valence-electron chi connectivity index (χ4n) is 5.84. The molecule has 1 aromatic carbocycles. The molecule has 0 radical (unpaired) electrons. The minimum Gasteiger partial charge on any atom is -0.433 e. The normalized spacial score (nSPS) is 26.3. The highest BCUT2D eigenvalue weighted by Crippen LogP contribution is 2.44. The predicted octanol–water partition coefficient (Wildman–Crippen LogP) is 2.62. The van der Waals surface area contributed by atoms with Gasteiger partial charge in [-0.3, -0.25) is 24.0 Å².